The third-order valence-corrected chi connectivity index (χ3v) is 7.73. The third-order valence-electron chi connectivity index (χ3n) is 7.23. The second kappa shape index (κ2) is 7.94. The van der Waals surface area contributed by atoms with Crippen LogP contribution < -0.4 is 10.1 Å². The molecule has 0 unspecified atom stereocenters. The summed E-state index contributed by atoms with van der Waals surface area (Å²) in [5, 5.41) is 4.37. The normalized spacial score (nSPS) is 22.5. The molecular weight excluding hydrogens is 452 g/mol. The summed E-state index contributed by atoms with van der Waals surface area (Å²) in [5.41, 5.74) is 4.18. The van der Waals surface area contributed by atoms with E-state index in [1.165, 1.54) is 19.3 Å². The van der Waals surface area contributed by atoms with Gasteiger partial charge in [-0.25, -0.2) is 4.98 Å². The number of nitrogens with zero attached hydrogens (tertiary/aromatic N) is 1. The molecule has 1 amide bonds. The smallest absolute Gasteiger partial charge is 0.252 e. The molecule has 0 spiro atoms. The molecule has 3 aromatic rings. The summed E-state index contributed by atoms with van der Waals surface area (Å²) in [6.45, 7) is 2.01. The maximum Gasteiger partial charge on any atom is 0.252 e. The van der Waals surface area contributed by atoms with Gasteiger partial charge in [0.05, 0.1) is 23.9 Å². The van der Waals surface area contributed by atoms with E-state index in [4.69, 9.17) is 9.72 Å². The van der Waals surface area contributed by atoms with Gasteiger partial charge in [-0.3, -0.25) is 4.79 Å². The van der Waals surface area contributed by atoms with Crippen molar-refractivity contribution in [3.8, 4) is 17.0 Å². The molecule has 0 atom stereocenters. The number of amides is 1. The van der Waals surface area contributed by atoms with Gasteiger partial charge in [0.15, 0.2) is 0 Å². The standard InChI is InChI=1S/C26H27BrN2O2/c1-16-23(25(30)29-26-11-8-17(9-12-26)10-13-26)21-15-19(27)6-7-22(21)28-24(16)18-4-3-5-20(14-18)31-2/h3-7,14-15,17H,8-13H2,1-2H3,(H,29,30). The van der Waals surface area contributed by atoms with Crippen molar-refractivity contribution in [3.05, 3.63) is 58.1 Å². The fraction of sp³-hybridized carbons (Fsp3) is 0.385. The summed E-state index contributed by atoms with van der Waals surface area (Å²) in [4.78, 5) is 18.7. The first-order valence-electron chi connectivity index (χ1n) is 11.0. The fourth-order valence-electron chi connectivity index (χ4n) is 5.41. The Morgan fingerprint density at radius 1 is 1.13 bits per heavy atom. The van der Waals surface area contributed by atoms with E-state index in [0.29, 0.717) is 0 Å². The molecule has 0 radical (unpaired) electrons. The van der Waals surface area contributed by atoms with Crippen LogP contribution in [0.4, 0.5) is 0 Å². The molecule has 160 valence electrons. The Morgan fingerprint density at radius 3 is 2.58 bits per heavy atom. The minimum Gasteiger partial charge on any atom is -0.497 e. The summed E-state index contributed by atoms with van der Waals surface area (Å²) in [7, 11) is 1.66. The molecular formula is C26H27BrN2O2. The number of nitrogens with one attached hydrogen (secondary N) is 1. The molecule has 3 aliphatic carbocycles. The molecule has 3 saturated carbocycles. The van der Waals surface area contributed by atoms with E-state index in [2.05, 4.69) is 21.2 Å². The first-order chi connectivity index (χ1) is 15.0. The minimum atomic E-state index is -0.0456. The predicted octanol–water partition coefficient (Wildman–Crippen LogP) is 6.43. The number of ether oxygens (including phenoxy) is 1. The van der Waals surface area contributed by atoms with E-state index in [1.807, 2.05) is 49.4 Å². The number of methoxy groups -OCH3 is 1. The van der Waals surface area contributed by atoms with Gasteiger partial charge in [-0.1, -0.05) is 28.1 Å². The SMILES string of the molecule is COc1cccc(-c2nc3ccc(Br)cc3c(C(=O)NC34CCC(CC3)CC4)c2C)c1. The molecule has 2 bridgehead atoms. The minimum absolute atomic E-state index is 0.0208. The maximum atomic E-state index is 13.8. The van der Waals surface area contributed by atoms with Gasteiger partial charge in [0.1, 0.15) is 5.75 Å². The average molecular weight is 479 g/mol. The van der Waals surface area contributed by atoms with Crippen molar-refractivity contribution < 1.29 is 9.53 Å². The fourth-order valence-corrected chi connectivity index (χ4v) is 5.78. The summed E-state index contributed by atoms with van der Waals surface area (Å²) in [6.07, 6.45) is 6.98. The van der Waals surface area contributed by atoms with Crippen molar-refractivity contribution in [2.75, 3.05) is 7.11 Å². The molecule has 3 fully saturated rings. The van der Waals surface area contributed by atoms with Crippen LogP contribution in [0.25, 0.3) is 22.2 Å². The van der Waals surface area contributed by atoms with Crippen LogP contribution in [0.5, 0.6) is 5.75 Å². The van der Waals surface area contributed by atoms with Gasteiger partial charge in [-0.2, -0.15) is 0 Å². The van der Waals surface area contributed by atoms with Crippen LogP contribution in [0, 0.1) is 12.8 Å². The van der Waals surface area contributed by atoms with Crippen molar-refractivity contribution in [1.82, 2.24) is 10.3 Å². The van der Waals surface area contributed by atoms with Crippen molar-refractivity contribution in [1.29, 1.82) is 0 Å². The van der Waals surface area contributed by atoms with Crippen molar-refractivity contribution in [2.24, 2.45) is 5.92 Å². The topological polar surface area (TPSA) is 51.2 Å². The van der Waals surface area contributed by atoms with E-state index in [1.54, 1.807) is 7.11 Å². The van der Waals surface area contributed by atoms with Crippen LogP contribution >= 0.6 is 15.9 Å². The lowest BCUT2D eigenvalue weighted by molar-refractivity contribution is 0.0715. The number of aromatic nitrogens is 1. The Balaban J connectivity index is 1.64. The Kier molecular flexibility index (Phi) is 5.25. The highest BCUT2D eigenvalue weighted by atomic mass is 79.9. The highest BCUT2D eigenvalue weighted by Crippen LogP contribution is 2.44. The first kappa shape index (κ1) is 20.5. The van der Waals surface area contributed by atoms with Crippen molar-refractivity contribution in [3.63, 3.8) is 0 Å². The molecule has 5 heteroatoms. The Bertz CT molecular complexity index is 1150. The van der Waals surface area contributed by atoms with E-state index in [-0.39, 0.29) is 11.4 Å². The van der Waals surface area contributed by atoms with Gasteiger partial charge in [0.25, 0.3) is 5.91 Å². The molecule has 31 heavy (non-hydrogen) atoms. The second-order valence-electron chi connectivity index (χ2n) is 9.07. The highest BCUT2D eigenvalue weighted by Gasteiger charge is 2.41. The van der Waals surface area contributed by atoms with Gasteiger partial charge in [-0.05, 0) is 87.3 Å². The van der Waals surface area contributed by atoms with Crippen LogP contribution in [0.1, 0.15) is 54.4 Å². The maximum absolute atomic E-state index is 13.8. The van der Waals surface area contributed by atoms with Gasteiger partial charge >= 0.3 is 0 Å². The average Bonchev–Trinajstić information content (AvgIpc) is 2.79. The number of benzene rings is 2. The first-order valence-corrected chi connectivity index (χ1v) is 11.8. The number of rotatable bonds is 4. The zero-order valence-corrected chi connectivity index (χ0v) is 19.6. The molecule has 1 aromatic heterocycles. The summed E-state index contributed by atoms with van der Waals surface area (Å²) >= 11 is 3.58. The lowest BCUT2D eigenvalue weighted by Crippen LogP contribution is -2.53. The number of carbonyl (C=O) groups is 1. The van der Waals surface area contributed by atoms with Crippen molar-refractivity contribution >= 4 is 32.7 Å². The van der Waals surface area contributed by atoms with E-state index in [0.717, 1.165) is 68.7 Å². The molecule has 1 N–H and O–H groups in total. The summed E-state index contributed by atoms with van der Waals surface area (Å²) < 4.78 is 6.36. The number of halogens is 1. The van der Waals surface area contributed by atoms with E-state index >= 15 is 0 Å². The van der Waals surface area contributed by atoms with Gasteiger partial charge in [-0.15, -0.1) is 0 Å². The lowest BCUT2D eigenvalue weighted by Gasteiger charge is -2.47. The van der Waals surface area contributed by atoms with Crippen LogP contribution in [-0.4, -0.2) is 23.5 Å². The van der Waals surface area contributed by atoms with Crippen LogP contribution in [0.2, 0.25) is 0 Å². The quantitative estimate of drug-likeness (QED) is 0.469. The summed E-state index contributed by atoms with van der Waals surface area (Å²) in [6, 6.07) is 13.8. The molecule has 1 heterocycles. The van der Waals surface area contributed by atoms with Gasteiger partial charge in [0, 0.05) is 21.0 Å². The van der Waals surface area contributed by atoms with Crippen LogP contribution in [0.15, 0.2) is 46.9 Å². The second-order valence-corrected chi connectivity index (χ2v) is 9.99. The predicted molar refractivity (Wildman–Crippen MR) is 128 cm³/mol. The van der Waals surface area contributed by atoms with Gasteiger partial charge in [0.2, 0.25) is 0 Å². The number of fused-ring (bicyclic) bond motifs is 4. The highest BCUT2D eigenvalue weighted by molar-refractivity contribution is 9.10. The molecule has 0 saturated heterocycles. The number of hydrogen-bond donors (Lipinski definition) is 1. The molecule has 6 rings (SSSR count). The number of pyridine rings is 1. The molecule has 4 nitrogen and oxygen atoms in total. The zero-order valence-electron chi connectivity index (χ0n) is 18.0. The number of hydrogen-bond acceptors (Lipinski definition) is 3. The van der Waals surface area contributed by atoms with Crippen molar-refractivity contribution in [2.45, 2.75) is 51.0 Å². The van der Waals surface area contributed by atoms with Gasteiger partial charge < -0.3 is 10.1 Å². The largest absolute Gasteiger partial charge is 0.497 e. The Labute approximate surface area is 191 Å². The molecule has 2 aromatic carbocycles. The zero-order chi connectivity index (χ0) is 21.6. The van der Waals surface area contributed by atoms with E-state index in [9.17, 15) is 4.79 Å². The van der Waals surface area contributed by atoms with Crippen LogP contribution in [0.3, 0.4) is 0 Å². The number of carbonyl (C=O) groups excluding carboxylic acids is 1. The summed E-state index contributed by atoms with van der Waals surface area (Å²) in [5.74, 6) is 1.66. The van der Waals surface area contributed by atoms with Crippen LogP contribution in [-0.2, 0) is 0 Å². The van der Waals surface area contributed by atoms with E-state index < -0.39 is 0 Å². The molecule has 0 aliphatic heterocycles. The lowest BCUT2D eigenvalue weighted by atomic mass is 9.65. The monoisotopic (exact) mass is 478 g/mol. The third kappa shape index (κ3) is 3.73. The Morgan fingerprint density at radius 2 is 1.87 bits per heavy atom. The molecule has 3 aliphatic rings. The Hall–Kier alpha value is -2.40.